The zero-order chi connectivity index (χ0) is 7.56. The predicted molar refractivity (Wildman–Crippen MR) is 34.7 cm³/mol. The van der Waals surface area contributed by atoms with E-state index in [0.717, 1.165) is 0 Å². The van der Waals surface area contributed by atoms with Gasteiger partial charge >= 0.3 is 0 Å². The molecule has 0 fully saturated rings. The molecule has 0 aliphatic carbocycles. The van der Waals surface area contributed by atoms with Crippen LogP contribution in [0.15, 0.2) is 17.1 Å². The zero-order valence-electron chi connectivity index (χ0n) is 5.16. The topological polar surface area (TPSA) is 73.3 Å². The molecule has 4 heteroatoms. The van der Waals surface area contributed by atoms with E-state index >= 15 is 0 Å². The number of pyridine rings is 1. The predicted octanol–water partition coefficient (Wildman–Crippen LogP) is -0.427. The Morgan fingerprint density at radius 1 is 1.60 bits per heavy atom. The summed E-state index contributed by atoms with van der Waals surface area (Å²) in [6.45, 7) is -0.357. The fraction of sp³-hybridized carbons (Fsp3) is 0.167. The first-order valence-corrected chi connectivity index (χ1v) is 2.75. The molecule has 0 saturated carbocycles. The monoisotopic (exact) mass is 141 g/mol. The molecule has 3 N–H and O–H groups in total. The molecule has 1 rings (SSSR count). The van der Waals surface area contributed by atoms with Gasteiger partial charge in [0.25, 0.3) is 5.56 Å². The Morgan fingerprint density at radius 3 is 2.80 bits per heavy atom. The van der Waals surface area contributed by atoms with Crippen molar-refractivity contribution in [2.45, 2.75) is 6.61 Å². The van der Waals surface area contributed by atoms with Crippen LogP contribution in [0, 0.1) is 0 Å². The summed E-state index contributed by atoms with van der Waals surface area (Å²) in [5, 5.41) is 17.3. The second-order valence-corrected chi connectivity index (χ2v) is 1.87. The van der Waals surface area contributed by atoms with Gasteiger partial charge in [-0.2, -0.15) is 0 Å². The van der Waals surface area contributed by atoms with Crippen molar-refractivity contribution in [2.75, 3.05) is 0 Å². The molecule has 0 saturated heterocycles. The summed E-state index contributed by atoms with van der Waals surface area (Å²) in [7, 11) is 0. The van der Waals surface area contributed by atoms with Gasteiger partial charge in [-0.15, -0.1) is 0 Å². The van der Waals surface area contributed by atoms with Gasteiger partial charge in [-0.05, 0) is 6.07 Å². The van der Waals surface area contributed by atoms with Gasteiger partial charge in [0.15, 0.2) is 0 Å². The third-order valence-corrected chi connectivity index (χ3v) is 1.14. The molecule has 1 aromatic rings. The summed E-state index contributed by atoms with van der Waals surface area (Å²) in [6, 6.07) is 1.22. The average Bonchev–Trinajstić information content (AvgIpc) is 1.94. The van der Waals surface area contributed by atoms with E-state index < -0.39 is 0 Å². The molecule has 0 spiro atoms. The van der Waals surface area contributed by atoms with Crippen molar-refractivity contribution < 1.29 is 10.2 Å². The summed E-state index contributed by atoms with van der Waals surface area (Å²) >= 11 is 0. The maximum atomic E-state index is 10.7. The average molecular weight is 141 g/mol. The first-order chi connectivity index (χ1) is 4.74. The van der Waals surface area contributed by atoms with Gasteiger partial charge in [-0.1, -0.05) is 0 Å². The number of hydrogen-bond acceptors (Lipinski definition) is 3. The molecule has 0 aromatic carbocycles. The summed E-state index contributed by atoms with van der Waals surface area (Å²) in [4.78, 5) is 12.9. The van der Waals surface area contributed by atoms with Crippen LogP contribution < -0.4 is 5.56 Å². The van der Waals surface area contributed by atoms with Crippen molar-refractivity contribution in [3.05, 3.63) is 28.2 Å². The van der Waals surface area contributed by atoms with Crippen molar-refractivity contribution >= 4 is 0 Å². The van der Waals surface area contributed by atoms with Crippen molar-refractivity contribution in [3.8, 4) is 5.75 Å². The van der Waals surface area contributed by atoms with Crippen LogP contribution >= 0.6 is 0 Å². The minimum Gasteiger partial charge on any atom is -0.506 e. The number of aliphatic hydroxyl groups excluding tert-OH is 1. The normalized spacial score (nSPS) is 9.70. The number of aromatic amines is 1. The highest BCUT2D eigenvalue weighted by molar-refractivity contribution is 5.21. The SMILES string of the molecule is O=c1[nH]cc(O)cc1CO. The molecule has 4 nitrogen and oxygen atoms in total. The first kappa shape index (κ1) is 6.82. The molecule has 0 radical (unpaired) electrons. The van der Waals surface area contributed by atoms with Gasteiger partial charge < -0.3 is 15.2 Å². The van der Waals surface area contributed by atoms with Crippen molar-refractivity contribution in [2.24, 2.45) is 0 Å². The highest BCUT2D eigenvalue weighted by atomic mass is 16.3. The molecule has 1 aromatic heterocycles. The number of nitrogens with one attached hydrogen (secondary N) is 1. The Morgan fingerprint density at radius 2 is 2.30 bits per heavy atom. The van der Waals surface area contributed by atoms with E-state index in [2.05, 4.69) is 4.98 Å². The van der Waals surface area contributed by atoms with Gasteiger partial charge in [0.2, 0.25) is 0 Å². The second-order valence-electron chi connectivity index (χ2n) is 1.87. The summed E-state index contributed by atoms with van der Waals surface area (Å²) in [5.74, 6) is -0.0522. The van der Waals surface area contributed by atoms with E-state index in [0.29, 0.717) is 0 Å². The van der Waals surface area contributed by atoms with Crippen LogP contribution in [0.25, 0.3) is 0 Å². The van der Waals surface area contributed by atoms with Gasteiger partial charge in [0, 0.05) is 11.8 Å². The lowest BCUT2D eigenvalue weighted by molar-refractivity contribution is 0.279. The Hall–Kier alpha value is -1.29. The van der Waals surface area contributed by atoms with Crippen LogP contribution in [0.4, 0.5) is 0 Å². The number of rotatable bonds is 1. The van der Waals surface area contributed by atoms with Crippen LogP contribution in [0.2, 0.25) is 0 Å². The smallest absolute Gasteiger partial charge is 0.253 e. The largest absolute Gasteiger partial charge is 0.506 e. The Labute approximate surface area is 56.8 Å². The molecule has 0 atom stereocenters. The van der Waals surface area contributed by atoms with Crippen LogP contribution in [0.1, 0.15) is 5.56 Å². The lowest BCUT2D eigenvalue weighted by Gasteiger charge is -1.93. The lowest BCUT2D eigenvalue weighted by atomic mass is 10.3. The fourth-order valence-electron chi connectivity index (χ4n) is 0.635. The van der Waals surface area contributed by atoms with Gasteiger partial charge in [-0.3, -0.25) is 4.79 Å². The number of hydrogen-bond donors (Lipinski definition) is 3. The van der Waals surface area contributed by atoms with Gasteiger partial charge in [-0.25, -0.2) is 0 Å². The minimum atomic E-state index is -0.375. The summed E-state index contributed by atoms with van der Waals surface area (Å²) in [6.07, 6.45) is 1.17. The first-order valence-electron chi connectivity index (χ1n) is 2.75. The van der Waals surface area contributed by atoms with E-state index in [1.165, 1.54) is 12.3 Å². The fourth-order valence-corrected chi connectivity index (χ4v) is 0.635. The molecule has 1 heterocycles. The van der Waals surface area contributed by atoms with E-state index in [1.54, 1.807) is 0 Å². The third kappa shape index (κ3) is 1.16. The van der Waals surface area contributed by atoms with Crippen LogP contribution in [0.3, 0.4) is 0 Å². The molecular formula is C6H7NO3. The minimum absolute atomic E-state index is 0.0522. The van der Waals surface area contributed by atoms with Crippen molar-refractivity contribution in [1.82, 2.24) is 4.98 Å². The van der Waals surface area contributed by atoms with E-state index in [9.17, 15) is 4.79 Å². The number of H-pyrrole nitrogens is 1. The molecule has 0 bridgehead atoms. The van der Waals surface area contributed by atoms with E-state index in [4.69, 9.17) is 10.2 Å². The van der Waals surface area contributed by atoms with E-state index in [-0.39, 0.29) is 23.5 Å². The van der Waals surface area contributed by atoms with E-state index in [1.807, 2.05) is 0 Å². The number of aromatic hydroxyl groups is 1. The standard InChI is InChI=1S/C6H7NO3/c8-3-4-1-5(9)2-7-6(4)10/h1-2,8-9H,3H2,(H,7,10). The maximum Gasteiger partial charge on any atom is 0.253 e. The van der Waals surface area contributed by atoms with Crippen molar-refractivity contribution in [3.63, 3.8) is 0 Å². The molecule has 0 aliphatic rings. The highest BCUT2D eigenvalue weighted by Crippen LogP contribution is 2.03. The Balaban J connectivity index is 3.22. The molecule has 10 heavy (non-hydrogen) atoms. The van der Waals surface area contributed by atoms with Crippen LogP contribution in [0.5, 0.6) is 5.75 Å². The van der Waals surface area contributed by atoms with Crippen LogP contribution in [-0.4, -0.2) is 15.2 Å². The van der Waals surface area contributed by atoms with Gasteiger partial charge in [0.05, 0.1) is 6.61 Å². The molecule has 0 amide bonds. The summed E-state index contributed by atoms with van der Waals surface area (Å²) < 4.78 is 0. The Bertz CT molecular complexity index is 279. The molecule has 0 unspecified atom stereocenters. The quantitative estimate of drug-likeness (QED) is 0.497. The molecule has 54 valence electrons. The maximum absolute atomic E-state index is 10.7. The number of aliphatic hydroxyl groups is 1. The number of aromatic nitrogens is 1. The molecular weight excluding hydrogens is 134 g/mol. The lowest BCUT2D eigenvalue weighted by Crippen LogP contribution is -2.10. The Kier molecular flexibility index (Phi) is 1.73. The van der Waals surface area contributed by atoms with Crippen LogP contribution in [-0.2, 0) is 6.61 Å². The molecule has 0 aliphatic heterocycles. The third-order valence-electron chi connectivity index (χ3n) is 1.14. The highest BCUT2D eigenvalue weighted by Gasteiger charge is 1.96. The second kappa shape index (κ2) is 2.53. The zero-order valence-corrected chi connectivity index (χ0v) is 5.16. The van der Waals surface area contributed by atoms with Crippen molar-refractivity contribution in [1.29, 1.82) is 0 Å². The van der Waals surface area contributed by atoms with Gasteiger partial charge in [0.1, 0.15) is 5.75 Å². The summed E-state index contributed by atoms with van der Waals surface area (Å²) in [5.41, 5.74) is -0.208.